The van der Waals surface area contributed by atoms with Gasteiger partial charge in [0.1, 0.15) is 6.54 Å². The second-order valence-corrected chi connectivity index (χ2v) is 5.90. The summed E-state index contributed by atoms with van der Waals surface area (Å²) in [7, 11) is -2.73. The van der Waals surface area contributed by atoms with Crippen LogP contribution in [-0.2, 0) is 24.3 Å². The molecule has 0 aliphatic carbocycles. The number of amides is 1. The van der Waals surface area contributed by atoms with Crippen molar-refractivity contribution in [3.8, 4) is 0 Å². The Hall–Kier alpha value is -1.64. The zero-order chi connectivity index (χ0) is 15.3. The molecular weight excluding hydrogens is 308 g/mol. The average Bonchev–Trinajstić information content (AvgIpc) is 2.37. The van der Waals surface area contributed by atoms with Crippen LogP contribution in [0.3, 0.4) is 0 Å². The first kappa shape index (κ1) is 16.4. The summed E-state index contributed by atoms with van der Waals surface area (Å²) in [4.78, 5) is 21.7. The Labute approximate surface area is 121 Å². The highest BCUT2D eigenvalue weighted by Crippen LogP contribution is 2.25. The summed E-state index contributed by atoms with van der Waals surface area (Å²) in [5.41, 5.74) is 0.297. The minimum absolute atomic E-state index is 0.0705. The number of benzene rings is 1. The number of carbonyl (C=O) groups is 2. The zero-order valence-electron chi connectivity index (χ0n) is 10.8. The van der Waals surface area contributed by atoms with E-state index in [0.29, 0.717) is 5.69 Å². The molecule has 1 amide bonds. The SMILES string of the molecule is COC(=O)CNS(=O)(=O)c1ccc(NC(C)=O)c(Cl)c1. The van der Waals surface area contributed by atoms with Gasteiger partial charge in [-0.15, -0.1) is 0 Å². The molecule has 0 spiro atoms. The molecule has 1 aromatic carbocycles. The van der Waals surface area contributed by atoms with Gasteiger partial charge in [0.2, 0.25) is 15.9 Å². The third-order valence-electron chi connectivity index (χ3n) is 2.20. The number of halogens is 1. The van der Waals surface area contributed by atoms with Crippen LogP contribution in [0.25, 0.3) is 0 Å². The molecule has 0 atom stereocenters. The van der Waals surface area contributed by atoms with E-state index in [2.05, 4.69) is 14.8 Å². The molecule has 0 fully saturated rings. The molecule has 2 N–H and O–H groups in total. The molecule has 0 heterocycles. The third kappa shape index (κ3) is 4.48. The molecule has 0 saturated heterocycles. The summed E-state index contributed by atoms with van der Waals surface area (Å²) in [6.45, 7) is 0.822. The molecule has 110 valence electrons. The van der Waals surface area contributed by atoms with Crippen LogP contribution in [0.5, 0.6) is 0 Å². The van der Waals surface area contributed by atoms with Crippen LogP contribution in [0, 0.1) is 0 Å². The fraction of sp³-hybridized carbons (Fsp3) is 0.273. The molecule has 9 heteroatoms. The lowest BCUT2D eigenvalue weighted by atomic mass is 10.3. The Morgan fingerprint density at radius 2 is 2.00 bits per heavy atom. The molecular formula is C11H13ClN2O5S. The third-order valence-corrected chi connectivity index (χ3v) is 3.91. The quantitative estimate of drug-likeness (QED) is 0.779. The Bertz CT molecular complexity index is 630. The molecule has 1 rings (SSSR count). The number of methoxy groups -OCH3 is 1. The lowest BCUT2D eigenvalue weighted by Crippen LogP contribution is -2.30. The van der Waals surface area contributed by atoms with Gasteiger partial charge in [0.05, 0.1) is 22.7 Å². The summed E-state index contributed by atoms with van der Waals surface area (Å²) in [5, 5.41) is 2.52. The smallest absolute Gasteiger partial charge is 0.320 e. The van der Waals surface area contributed by atoms with Gasteiger partial charge < -0.3 is 10.1 Å². The molecule has 7 nitrogen and oxygen atoms in total. The first-order chi connectivity index (χ1) is 9.26. The fourth-order valence-corrected chi connectivity index (χ4v) is 2.55. The Kier molecular flexibility index (Phi) is 5.49. The van der Waals surface area contributed by atoms with E-state index in [9.17, 15) is 18.0 Å². The van der Waals surface area contributed by atoms with Crippen molar-refractivity contribution in [1.29, 1.82) is 0 Å². The Morgan fingerprint density at radius 3 is 2.50 bits per heavy atom. The molecule has 0 aliphatic rings. The molecule has 0 unspecified atom stereocenters. The molecule has 0 aromatic heterocycles. The van der Waals surface area contributed by atoms with Gasteiger partial charge in [0.25, 0.3) is 0 Å². The predicted molar refractivity (Wildman–Crippen MR) is 73.0 cm³/mol. The normalized spacial score (nSPS) is 10.9. The molecule has 0 saturated carbocycles. The lowest BCUT2D eigenvalue weighted by Gasteiger charge is -2.09. The number of ether oxygens (including phenoxy) is 1. The van der Waals surface area contributed by atoms with E-state index < -0.39 is 22.5 Å². The summed E-state index contributed by atoms with van der Waals surface area (Å²) < 4.78 is 30.1. The first-order valence-corrected chi connectivity index (χ1v) is 7.26. The topological polar surface area (TPSA) is 102 Å². The largest absolute Gasteiger partial charge is 0.468 e. The van der Waals surface area contributed by atoms with Crippen LogP contribution >= 0.6 is 11.6 Å². The number of anilines is 1. The zero-order valence-corrected chi connectivity index (χ0v) is 12.3. The van der Waals surface area contributed by atoms with Crippen LogP contribution in [-0.4, -0.2) is 33.9 Å². The highest BCUT2D eigenvalue weighted by Gasteiger charge is 2.17. The van der Waals surface area contributed by atoms with Gasteiger partial charge in [-0.1, -0.05) is 11.6 Å². The van der Waals surface area contributed by atoms with Crippen molar-refractivity contribution in [2.75, 3.05) is 19.0 Å². The monoisotopic (exact) mass is 320 g/mol. The van der Waals surface area contributed by atoms with Gasteiger partial charge in [-0.2, -0.15) is 4.72 Å². The van der Waals surface area contributed by atoms with Crippen molar-refractivity contribution in [1.82, 2.24) is 4.72 Å². The molecule has 20 heavy (non-hydrogen) atoms. The van der Waals surface area contributed by atoms with Gasteiger partial charge in [0.15, 0.2) is 0 Å². The van der Waals surface area contributed by atoms with Crippen LogP contribution < -0.4 is 10.0 Å². The van der Waals surface area contributed by atoms with E-state index in [-0.39, 0.29) is 15.8 Å². The number of carbonyl (C=O) groups excluding carboxylic acids is 2. The molecule has 1 aromatic rings. The number of hydrogen-bond donors (Lipinski definition) is 2. The van der Waals surface area contributed by atoms with Crippen molar-refractivity contribution in [2.24, 2.45) is 0 Å². The number of rotatable bonds is 5. The molecule has 0 aliphatic heterocycles. The maximum atomic E-state index is 11.9. The average molecular weight is 321 g/mol. The van der Waals surface area contributed by atoms with E-state index in [1.165, 1.54) is 25.1 Å². The predicted octanol–water partition coefficient (Wildman–Crippen LogP) is 0.750. The summed E-state index contributed by atoms with van der Waals surface area (Å²) >= 11 is 5.87. The van der Waals surface area contributed by atoms with Crippen molar-refractivity contribution < 1.29 is 22.7 Å². The van der Waals surface area contributed by atoms with Gasteiger partial charge in [-0.05, 0) is 18.2 Å². The van der Waals surface area contributed by atoms with E-state index in [1.807, 2.05) is 0 Å². The van der Waals surface area contributed by atoms with E-state index in [4.69, 9.17) is 11.6 Å². The van der Waals surface area contributed by atoms with Crippen LogP contribution in [0.2, 0.25) is 5.02 Å². The second-order valence-electron chi connectivity index (χ2n) is 3.72. The maximum Gasteiger partial charge on any atom is 0.320 e. The van der Waals surface area contributed by atoms with Crippen LogP contribution in [0.15, 0.2) is 23.1 Å². The van der Waals surface area contributed by atoms with E-state index >= 15 is 0 Å². The summed E-state index contributed by atoms with van der Waals surface area (Å²) in [6.07, 6.45) is 0. The van der Waals surface area contributed by atoms with E-state index in [1.54, 1.807) is 0 Å². The van der Waals surface area contributed by atoms with Gasteiger partial charge in [-0.3, -0.25) is 9.59 Å². The minimum atomic E-state index is -3.88. The maximum absolute atomic E-state index is 11.9. The number of hydrogen-bond acceptors (Lipinski definition) is 5. The second kappa shape index (κ2) is 6.69. The summed E-state index contributed by atoms with van der Waals surface area (Å²) in [6, 6.07) is 3.79. The highest BCUT2D eigenvalue weighted by molar-refractivity contribution is 7.89. The van der Waals surface area contributed by atoms with E-state index in [0.717, 1.165) is 7.11 Å². The van der Waals surface area contributed by atoms with Crippen molar-refractivity contribution in [3.05, 3.63) is 23.2 Å². The van der Waals surface area contributed by atoms with Gasteiger partial charge in [0, 0.05) is 6.92 Å². The lowest BCUT2D eigenvalue weighted by molar-refractivity contribution is -0.139. The standard InChI is InChI=1S/C11H13ClN2O5S/c1-7(15)14-10-4-3-8(5-9(10)12)20(17,18)13-6-11(16)19-2/h3-5,13H,6H2,1-2H3,(H,14,15). The van der Waals surface area contributed by atoms with Gasteiger partial charge >= 0.3 is 5.97 Å². The van der Waals surface area contributed by atoms with Crippen molar-refractivity contribution in [2.45, 2.75) is 11.8 Å². The van der Waals surface area contributed by atoms with Crippen LogP contribution in [0.4, 0.5) is 5.69 Å². The fourth-order valence-electron chi connectivity index (χ4n) is 1.26. The van der Waals surface area contributed by atoms with Crippen LogP contribution in [0.1, 0.15) is 6.92 Å². The molecule has 0 bridgehead atoms. The van der Waals surface area contributed by atoms with Gasteiger partial charge in [-0.25, -0.2) is 8.42 Å². The minimum Gasteiger partial charge on any atom is -0.468 e. The number of sulfonamides is 1. The van der Waals surface area contributed by atoms with Crippen molar-refractivity contribution in [3.63, 3.8) is 0 Å². The molecule has 0 radical (unpaired) electrons. The van der Waals surface area contributed by atoms with Crippen molar-refractivity contribution >= 4 is 39.2 Å². The Morgan fingerprint density at radius 1 is 1.35 bits per heavy atom. The highest BCUT2D eigenvalue weighted by atomic mass is 35.5. The number of nitrogens with one attached hydrogen (secondary N) is 2. The number of esters is 1. The summed E-state index contributed by atoms with van der Waals surface area (Å²) in [5.74, 6) is -1.04. The first-order valence-electron chi connectivity index (χ1n) is 5.40. The Balaban J connectivity index is 2.94.